The van der Waals surface area contributed by atoms with Crippen molar-refractivity contribution in [2.24, 2.45) is 11.8 Å². The van der Waals surface area contributed by atoms with E-state index in [9.17, 15) is 4.79 Å². The second-order valence-electron chi connectivity index (χ2n) is 7.42. The van der Waals surface area contributed by atoms with Crippen LogP contribution < -0.4 is 0 Å². The van der Waals surface area contributed by atoms with Crippen LogP contribution in [0.4, 0.5) is 0 Å². The molecule has 0 aliphatic carbocycles. The van der Waals surface area contributed by atoms with E-state index in [0.29, 0.717) is 11.8 Å². The Kier molecular flexibility index (Phi) is 4.37. The quantitative estimate of drug-likeness (QED) is 0.723. The Balaban J connectivity index is 1.72. The van der Waals surface area contributed by atoms with Crippen molar-refractivity contribution in [2.75, 3.05) is 13.1 Å². The van der Waals surface area contributed by atoms with Crippen LogP contribution in [-0.4, -0.2) is 38.0 Å². The zero-order valence-electron chi connectivity index (χ0n) is 15.2. The minimum Gasteiger partial charge on any atom is -0.338 e. The summed E-state index contributed by atoms with van der Waals surface area (Å²) in [7, 11) is 0. The van der Waals surface area contributed by atoms with Gasteiger partial charge in [-0.3, -0.25) is 4.79 Å². The topological polar surface area (TPSA) is 43.1 Å². The molecule has 134 valence electrons. The van der Waals surface area contributed by atoms with E-state index in [1.54, 1.807) is 12.5 Å². The standard InChI is InChI=1S/C21H24N4O/c1-16-11-17(2)14-25(13-16)21(26)18-5-6-19(24-10-7-22-15-24)20(12-18)23-8-3-4-9-23/h3-10,12,15-17H,11,13-14H2,1-2H3/t16-,17-/m1/s1. The highest BCUT2D eigenvalue weighted by Crippen LogP contribution is 2.25. The lowest BCUT2D eigenvalue weighted by atomic mass is 9.91. The Morgan fingerprint density at radius 1 is 1.00 bits per heavy atom. The van der Waals surface area contributed by atoms with Gasteiger partial charge in [0.2, 0.25) is 0 Å². The van der Waals surface area contributed by atoms with Gasteiger partial charge >= 0.3 is 0 Å². The van der Waals surface area contributed by atoms with Crippen molar-refractivity contribution in [3.05, 3.63) is 67.0 Å². The van der Waals surface area contributed by atoms with Crippen molar-refractivity contribution < 1.29 is 4.79 Å². The number of likely N-dealkylation sites (tertiary alicyclic amines) is 1. The van der Waals surface area contributed by atoms with Crippen LogP contribution in [0.5, 0.6) is 0 Å². The summed E-state index contributed by atoms with van der Waals surface area (Å²) < 4.78 is 4.00. The Labute approximate surface area is 153 Å². The summed E-state index contributed by atoms with van der Waals surface area (Å²) in [5.41, 5.74) is 2.70. The normalized spacial score (nSPS) is 20.3. The summed E-state index contributed by atoms with van der Waals surface area (Å²) in [6.07, 6.45) is 10.6. The molecular weight excluding hydrogens is 324 g/mol. The Hall–Kier alpha value is -2.82. The van der Waals surface area contributed by atoms with Gasteiger partial charge in [0.05, 0.1) is 17.7 Å². The molecule has 1 aromatic carbocycles. The third-order valence-corrected chi connectivity index (χ3v) is 5.04. The maximum absolute atomic E-state index is 13.1. The number of nitrogens with zero attached hydrogens (tertiary/aromatic N) is 4. The van der Waals surface area contributed by atoms with Crippen molar-refractivity contribution >= 4 is 5.91 Å². The first kappa shape index (κ1) is 16.6. The lowest BCUT2D eigenvalue weighted by molar-refractivity contribution is 0.0623. The van der Waals surface area contributed by atoms with Crippen molar-refractivity contribution in [1.82, 2.24) is 19.0 Å². The van der Waals surface area contributed by atoms with Gasteiger partial charge in [0.15, 0.2) is 0 Å². The van der Waals surface area contributed by atoms with Gasteiger partial charge in [-0.05, 0) is 48.6 Å². The number of hydrogen-bond acceptors (Lipinski definition) is 2. The molecule has 2 atom stereocenters. The molecule has 0 N–H and O–H groups in total. The van der Waals surface area contributed by atoms with E-state index in [1.807, 2.05) is 63.0 Å². The summed E-state index contributed by atoms with van der Waals surface area (Å²) >= 11 is 0. The number of amides is 1. The maximum atomic E-state index is 13.1. The first-order chi connectivity index (χ1) is 12.6. The van der Waals surface area contributed by atoms with E-state index in [2.05, 4.69) is 18.8 Å². The molecule has 0 spiro atoms. The molecule has 5 heteroatoms. The molecule has 26 heavy (non-hydrogen) atoms. The number of hydrogen-bond donors (Lipinski definition) is 0. The summed E-state index contributed by atoms with van der Waals surface area (Å²) in [6, 6.07) is 9.89. The van der Waals surface area contributed by atoms with Gasteiger partial charge in [0.25, 0.3) is 5.91 Å². The third kappa shape index (κ3) is 3.17. The van der Waals surface area contributed by atoms with Crippen LogP contribution in [0.1, 0.15) is 30.6 Å². The molecule has 3 heterocycles. The van der Waals surface area contributed by atoms with Crippen LogP contribution >= 0.6 is 0 Å². The van der Waals surface area contributed by atoms with E-state index in [4.69, 9.17) is 0 Å². The molecule has 2 aromatic heterocycles. The molecule has 0 saturated carbocycles. The van der Waals surface area contributed by atoms with E-state index in [1.165, 1.54) is 6.42 Å². The smallest absolute Gasteiger partial charge is 0.253 e. The number of carbonyl (C=O) groups is 1. The number of imidazole rings is 1. The average Bonchev–Trinajstić information content (AvgIpc) is 3.33. The maximum Gasteiger partial charge on any atom is 0.253 e. The number of rotatable bonds is 3. The van der Waals surface area contributed by atoms with E-state index < -0.39 is 0 Å². The van der Waals surface area contributed by atoms with Crippen molar-refractivity contribution in [3.63, 3.8) is 0 Å². The van der Waals surface area contributed by atoms with E-state index >= 15 is 0 Å². The van der Waals surface area contributed by atoms with Gasteiger partial charge in [-0.15, -0.1) is 0 Å². The highest BCUT2D eigenvalue weighted by atomic mass is 16.2. The molecule has 3 aromatic rings. The van der Waals surface area contributed by atoms with Crippen LogP contribution in [0, 0.1) is 11.8 Å². The Bertz CT molecular complexity index is 873. The molecular formula is C21H24N4O. The van der Waals surface area contributed by atoms with Gasteiger partial charge < -0.3 is 14.0 Å². The van der Waals surface area contributed by atoms with Crippen LogP contribution in [-0.2, 0) is 0 Å². The number of carbonyl (C=O) groups excluding carboxylic acids is 1. The van der Waals surface area contributed by atoms with Crippen molar-refractivity contribution in [3.8, 4) is 11.4 Å². The van der Waals surface area contributed by atoms with Gasteiger partial charge in [0.1, 0.15) is 0 Å². The first-order valence-electron chi connectivity index (χ1n) is 9.17. The van der Waals surface area contributed by atoms with Crippen LogP contribution in [0.25, 0.3) is 11.4 Å². The molecule has 1 saturated heterocycles. The predicted molar refractivity (Wildman–Crippen MR) is 102 cm³/mol. The van der Waals surface area contributed by atoms with Crippen LogP contribution in [0.3, 0.4) is 0 Å². The molecule has 1 amide bonds. The van der Waals surface area contributed by atoms with E-state index in [0.717, 1.165) is 30.0 Å². The molecule has 0 bridgehead atoms. The van der Waals surface area contributed by atoms with Gasteiger partial charge in [0, 0.05) is 43.4 Å². The second-order valence-corrected chi connectivity index (χ2v) is 7.42. The summed E-state index contributed by atoms with van der Waals surface area (Å²) in [5, 5.41) is 0. The van der Waals surface area contributed by atoms with Crippen molar-refractivity contribution in [1.29, 1.82) is 0 Å². The lowest BCUT2D eigenvalue weighted by Crippen LogP contribution is -2.42. The monoisotopic (exact) mass is 348 g/mol. The van der Waals surface area contributed by atoms with Gasteiger partial charge in [-0.1, -0.05) is 13.8 Å². The number of piperidine rings is 1. The molecule has 0 radical (unpaired) electrons. The summed E-state index contributed by atoms with van der Waals surface area (Å²) in [5.74, 6) is 1.22. The number of aromatic nitrogens is 3. The van der Waals surface area contributed by atoms with Crippen LogP contribution in [0.15, 0.2) is 61.4 Å². The molecule has 1 aliphatic rings. The summed E-state index contributed by atoms with van der Waals surface area (Å²) in [6.45, 7) is 6.13. The Morgan fingerprint density at radius 2 is 1.73 bits per heavy atom. The largest absolute Gasteiger partial charge is 0.338 e. The number of benzene rings is 1. The minimum atomic E-state index is 0.119. The molecule has 5 nitrogen and oxygen atoms in total. The second kappa shape index (κ2) is 6.83. The summed E-state index contributed by atoms with van der Waals surface area (Å²) in [4.78, 5) is 19.3. The predicted octanol–water partition coefficient (Wildman–Crippen LogP) is 3.78. The molecule has 0 unspecified atom stereocenters. The lowest BCUT2D eigenvalue weighted by Gasteiger charge is -2.35. The zero-order valence-corrected chi connectivity index (χ0v) is 15.2. The SMILES string of the molecule is C[C@@H]1C[C@@H](C)CN(C(=O)c2ccc(-n3ccnc3)c(-n3cccc3)c2)C1. The fourth-order valence-corrected chi connectivity index (χ4v) is 3.99. The molecule has 1 aliphatic heterocycles. The third-order valence-electron chi connectivity index (χ3n) is 5.04. The zero-order chi connectivity index (χ0) is 18.1. The fourth-order valence-electron chi connectivity index (χ4n) is 3.99. The highest BCUT2D eigenvalue weighted by Gasteiger charge is 2.26. The van der Waals surface area contributed by atoms with Gasteiger partial charge in [-0.25, -0.2) is 4.98 Å². The van der Waals surface area contributed by atoms with Crippen LogP contribution in [0.2, 0.25) is 0 Å². The first-order valence-corrected chi connectivity index (χ1v) is 9.17. The highest BCUT2D eigenvalue weighted by molar-refractivity contribution is 5.95. The molecule has 1 fully saturated rings. The molecule has 4 rings (SSSR count). The van der Waals surface area contributed by atoms with Gasteiger partial charge in [-0.2, -0.15) is 0 Å². The Morgan fingerprint density at radius 3 is 2.38 bits per heavy atom. The fraction of sp³-hybridized carbons (Fsp3) is 0.333. The van der Waals surface area contributed by atoms with E-state index in [-0.39, 0.29) is 5.91 Å². The average molecular weight is 348 g/mol. The minimum absolute atomic E-state index is 0.119. The van der Waals surface area contributed by atoms with Crippen molar-refractivity contribution in [2.45, 2.75) is 20.3 Å².